The van der Waals surface area contributed by atoms with Gasteiger partial charge in [-0.2, -0.15) is 0 Å². The molecule has 1 rings (SSSR count). The molecule has 0 spiro atoms. The first-order chi connectivity index (χ1) is 6.24. The van der Waals surface area contributed by atoms with E-state index >= 15 is 0 Å². The molecule has 0 aromatic heterocycles. The molecule has 1 aliphatic rings. The first kappa shape index (κ1) is 10.5. The Morgan fingerprint density at radius 3 is 2.54 bits per heavy atom. The lowest BCUT2D eigenvalue weighted by Gasteiger charge is -1.99. The molecular formula is C9H15N3S. The van der Waals surface area contributed by atoms with Crippen LogP contribution in [0.5, 0.6) is 0 Å². The molecule has 1 aliphatic heterocycles. The van der Waals surface area contributed by atoms with Crippen LogP contribution in [0.4, 0.5) is 0 Å². The summed E-state index contributed by atoms with van der Waals surface area (Å²) in [5, 5.41) is 0.478. The fourth-order valence-electron chi connectivity index (χ4n) is 1.28. The maximum Gasteiger partial charge on any atom is 0.219 e. The SMILES string of the molecule is CC1=NC(=S)N=C1CCCCCN. The Kier molecular flexibility index (Phi) is 4.18. The third-order valence-electron chi connectivity index (χ3n) is 2.03. The smallest absolute Gasteiger partial charge is 0.219 e. The average Bonchev–Trinajstić information content (AvgIpc) is 2.39. The molecule has 0 radical (unpaired) electrons. The highest BCUT2D eigenvalue weighted by molar-refractivity contribution is 7.80. The van der Waals surface area contributed by atoms with Gasteiger partial charge in [0.15, 0.2) is 0 Å². The summed E-state index contributed by atoms with van der Waals surface area (Å²) in [4.78, 5) is 8.27. The summed E-state index contributed by atoms with van der Waals surface area (Å²) in [6.07, 6.45) is 4.37. The van der Waals surface area contributed by atoms with Crippen LogP contribution in [-0.2, 0) is 0 Å². The van der Waals surface area contributed by atoms with Crippen molar-refractivity contribution in [1.82, 2.24) is 0 Å². The Balaban J connectivity index is 2.27. The van der Waals surface area contributed by atoms with Crippen LogP contribution in [0.1, 0.15) is 32.6 Å². The van der Waals surface area contributed by atoms with Crippen molar-refractivity contribution in [3.05, 3.63) is 0 Å². The minimum atomic E-state index is 0.478. The fourth-order valence-corrected chi connectivity index (χ4v) is 1.53. The van der Waals surface area contributed by atoms with Crippen LogP contribution >= 0.6 is 12.2 Å². The van der Waals surface area contributed by atoms with Crippen LogP contribution in [0.2, 0.25) is 0 Å². The molecule has 0 fully saturated rings. The summed E-state index contributed by atoms with van der Waals surface area (Å²) in [5.41, 5.74) is 7.44. The second-order valence-electron chi connectivity index (χ2n) is 3.14. The topological polar surface area (TPSA) is 50.7 Å². The van der Waals surface area contributed by atoms with Crippen molar-refractivity contribution in [3.63, 3.8) is 0 Å². The standard InChI is InChI=1S/C9H15N3S/c1-7-8(12-9(13)11-7)5-3-2-4-6-10/h2-6,10H2,1H3. The van der Waals surface area contributed by atoms with Crippen molar-refractivity contribution < 1.29 is 0 Å². The lowest BCUT2D eigenvalue weighted by atomic mass is 10.1. The Morgan fingerprint density at radius 1 is 1.23 bits per heavy atom. The van der Waals surface area contributed by atoms with Crippen LogP contribution in [0.25, 0.3) is 0 Å². The second kappa shape index (κ2) is 5.19. The Bertz CT molecular complexity index is 256. The van der Waals surface area contributed by atoms with Crippen LogP contribution < -0.4 is 5.73 Å². The predicted octanol–water partition coefficient (Wildman–Crippen LogP) is 1.71. The van der Waals surface area contributed by atoms with Gasteiger partial charge in [0, 0.05) is 0 Å². The Morgan fingerprint density at radius 2 is 2.00 bits per heavy atom. The van der Waals surface area contributed by atoms with Crippen molar-refractivity contribution in [3.8, 4) is 0 Å². The van der Waals surface area contributed by atoms with Crippen molar-refractivity contribution in [2.75, 3.05) is 6.54 Å². The zero-order valence-corrected chi connectivity index (χ0v) is 8.73. The van der Waals surface area contributed by atoms with Gasteiger partial charge in [0.25, 0.3) is 0 Å². The van der Waals surface area contributed by atoms with Crippen molar-refractivity contribution in [2.45, 2.75) is 32.6 Å². The van der Waals surface area contributed by atoms with Crippen LogP contribution in [0.3, 0.4) is 0 Å². The summed E-state index contributed by atoms with van der Waals surface area (Å²) in [7, 11) is 0. The van der Waals surface area contributed by atoms with Gasteiger partial charge in [-0.15, -0.1) is 0 Å². The van der Waals surface area contributed by atoms with E-state index in [-0.39, 0.29) is 0 Å². The number of hydrogen-bond acceptors (Lipinski definition) is 2. The largest absolute Gasteiger partial charge is 0.330 e. The number of nitrogens with zero attached hydrogens (tertiary/aromatic N) is 2. The number of aliphatic imine (C=N–C) groups is 2. The van der Waals surface area contributed by atoms with E-state index in [9.17, 15) is 0 Å². The third kappa shape index (κ3) is 3.32. The number of unbranched alkanes of at least 4 members (excludes halogenated alkanes) is 2. The molecule has 0 unspecified atom stereocenters. The third-order valence-corrected chi connectivity index (χ3v) is 2.21. The molecule has 3 nitrogen and oxygen atoms in total. The van der Waals surface area contributed by atoms with E-state index in [1.54, 1.807) is 0 Å². The normalized spacial score (nSPS) is 16.0. The van der Waals surface area contributed by atoms with Crippen molar-refractivity contribution in [2.24, 2.45) is 15.7 Å². The van der Waals surface area contributed by atoms with Crippen molar-refractivity contribution in [1.29, 1.82) is 0 Å². The van der Waals surface area contributed by atoms with Gasteiger partial charge >= 0.3 is 0 Å². The maximum absolute atomic E-state index is 5.40. The molecule has 72 valence electrons. The first-order valence-electron chi connectivity index (χ1n) is 4.61. The number of hydrogen-bond donors (Lipinski definition) is 1. The lowest BCUT2D eigenvalue weighted by Crippen LogP contribution is -2.06. The Labute approximate surface area is 84.1 Å². The van der Waals surface area contributed by atoms with E-state index in [2.05, 4.69) is 9.98 Å². The molecule has 0 bridgehead atoms. The molecule has 4 heteroatoms. The molecule has 0 aromatic rings. The summed E-state index contributed by atoms with van der Waals surface area (Å²) < 4.78 is 0. The lowest BCUT2D eigenvalue weighted by molar-refractivity contribution is 0.707. The molecule has 13 heavy (non-hydrogen) atoms. The first-order valence-corrected chi connectivity index (χ1v) is 5.02. The van der Waals surface area contributed by atoms with E-state index in [1.165, 1.54) is 0 Å². The molecule has 0 aromatic carbocycles. The monoisotopic (exact) mass is 197 g/mol. The molecule has 1 heterocycles. The summed E-state index contributed by atoms with van der Waals surface area (Å²) in [5.74, 6) is 0. The molecule has 0 aliphatic carbocycles. The number of nitrogens with two attached hydrogens (primary N) is 1. The van der Waals surface area contributed by atoms with Gasteiger partial charge in [0.1, 0.15) is 0 Å². The average molecular weight is 197 g/mol. The fraction of sp³-hybridized carbons (Fsp3) is 0.667. The minimum absolute atomic E-state index is 0.478. The highest BCUT2D eigenvalue weighted by Gasteiger charge is 2.11. The van der Waals surface area contributed by atoms with Crippen LogP contribution in [0, 0.1) is 0 Å². The summed E-state index contributed by atoms with van der Waals surface area (Å²) >= 11 is 4.88. The maximum atomic E-state index is 5.40. The number of rotatable bonds is 5. The molecule has 0 atom stereocenters. The predicted molar refractivity (Wildman–Crippen MR) is 60.7 cm³/mol. The Hall–Kier alpha value is -0.610. The quantitative estimate of drug-likeness (QED) is 0.539. The molecule has 0 saturated carbocycles. The zero-order valence-electron chi connectivity index (χ0n) is 7.92. The van der Waals surface area contributed by atoms with Gasteiger partial charge in [-0.05, 0) is 44.9 Å². The molecule has 0 saturated heterocycles. The van der Waals surface area contributed by atoms with E-state index in [1.807, 2.05) is 6.92 Å². The van der Waals surface area contributed by atoms with Gasteiger partial charge in [-0.1, -0.05) is 6.42 Å². The van der Waals surface area contributed by atoms with Gasteiger partial charge < -0.3 is 5.73 Å². The van der Waals surface area contributed by atoms with Crippen molar-refractivity contribution >= 4 is 28.8 Å². The van der Waals surface area contributed by atoms with Gasteiger partial charge in [-0.25, -0.2) is 9.98 Å². The van der Waals surface area contributed by atoms with E-state index in [0.717, 1.165) is 43.7 Å². The highest BCUT2D eigenvalue weighted by atomic mass is 32.1. The highest BCUT2D eigenvalue weighted by Crippen LogP contribution is 2.07. The van der Waals surface area contributed by atoms with Crippen LogP contribution in [0.15, 0.2) is 9.98 Å². The zero-order chi connectivity index (χ0) is 9.68. The second-order valence-corrected chi connectivity index (χ2v) is 3.50. The molecular weight excluding hydrogens is 182 g/mol. The number of thiocarbonyl (C=S) groups is 1. The van der Waals surface area contributed by atoms with E-state index < -0.39 is 0 Å². The van der Waals surface area contributed by atoms with E-state index in [4.69, 9.17) is 18.0 Å². The summed E-state index contributed by atoms with van der Waals surface area (Å²) in [6.45, 7) is 2.74. The van der Waals surface area contributed by atoms with Gasteiger partial charge in [0.05, 0.1) is 11.4 Å². The summed E-state index contributed by atoms with van der Waals surface area (Å²) in [6, 6.07) is 0. The molecule has 2 N–H and O–H groups in total. The van der Waals surface area contributed by atoms with Gasteiger partial charge in [-0.3, -0.25) is 0 Å². The van der Waals surface area contributed by atoms with Gasteiger partial charge in [0.2, 0.25) is 5.11 Å². The minimum Gasteiger partial charge on any atom is -0.330 e. The van der Waals surface area contributed by atoms with Crippen LogP contribution in [-0.4, -0.2) is 23.1 Å². The van der Waals surface area contributed by atoms with E-state index in [0.29, 0.717) is 5.11 Å². The molecule has 0 amide bonds.